The summed E-state index contributed by atoms with van der Waals surface area (Å²) in [6.07, 6.45) is 9.56. The van der Waals surface area contributed by atoms with Crippen LogP contribution in [0.2, 0.25) is 0 Å². The summed E-state index contributed by atoms with van der Waals surface area (Å²) in [6.45, 7) is 2.08. The molecule has 34 heavy (non-hydrogen) atoms. The summed E-state index contributed by atoms with van der Waals surface area (Å²) in [7, 11) is 0. The van der Waals surface area contributed by atoms with E-state index in [-0.39, 0.29) is 11.3 Å². The van der Waals surface area contributed by atoms with Gasteiger partial charge in [0, 0.05) is 11.6 Å². The van der Waals surface area contributed by atoms with Crippen LogP contribution in [0.3, 0.4) is 0 Å². The summed E-state index contributed by atoms with van der Waals surface area (Å²) < 4.78 is 3.00. The van der Waals surface area contributed by atoms with Gasteiger partial charge in [-0.05, 0) is 93.0 Å². The van der Waals surface area contributed by atoms with Crippen molar-refractivity contribution >= 4 is 32.6 Å². The Balaban J connectivity index is 1.29. The van der Waals surface area contributed by atoms with Gasteiger partial charge in [-0.3, -0.25) is 10.1 Å². The molecule has 1 N–H and O–H groups in total. The largest absolute Gasteiger partial charge is 0.298 e. The minimum Gasteiger partial charge on any atom is -0.298 e. The number of benzene rings is 2. The SMILES string of the molecule is Cc1ccc2nc(NC(=O)c3cn(-c4ccccc4)nc3C34CC5CC(CC(C5)C3)C4)sc2c1. The van der Waals surface area contributed by atoms with Crippen molar-refractivity contribution < 1.29 is 4.79 Å². The van der Waals surface area contributed by atoms with Crippen LogP contribution < -0.4 is 5.32 Å². The molecule has 6 heteroatoms. The van der Waals surface area contributed by atoms with Gasteiger partial charge in [0.2, 0.25) is 0 Å². The van der Waals surface area contributed by atoms with Crippen LogP contribution in [0.1, 0.15) is 60.1 Å². The molecule has 5 nitrogen and oxygen atoms in total. The number of rotatable bonds is 4. The van der Waals surface area contributed by atoms with Gasteiger partial charge in [0.1, 0.15) is 0 Å². The van der Waals surface area contributed by atoms with Crippen LogP contribution in [0.4, 0.5) is 5.13 Å². The van der Waals surface area contributed by atoms with E-state index in [1.165, 1.54) is 55.4 Å². The standard InChI is InChI=1S/C28H28N4OS/c1-17-7-8-23-24(9-17)34-27(29-23)30-26(33)22-16-32(21-5-3-2-4-6-21)31-25(22)28-13-18-10-19(14-28)12-20(11-18)15-28/h2-9,16,18-20H,10-15H2,1H3,(H,29,30,33). The van der Waals surface area contributed by atoms with Crippen LogP contribution >= 0.6 is 11.3 Å². The predicted molar refractivity (Wildman–Crippen MR) is 136 cm³/mol. The van der Waals surface area contributed by atoms with E-state index in [1.807, 2.05) is 47.3 Å². The number of nitrogens with zero attached hydrogens (tertiary/aromatic N) is 3. The zero-order valence-electron chi connectivity index (χ0n) is 19.3. The number of carbonyl (C=O) groups is 1. The molecule has 0 atom stereocenters. The van der Waals surface area contributed by atoms with Crippen LogP contribution in [0.5, 0.6) is 0 Å². The molecule has 2 heterocycles. The fourth-order valence-corrected chi connectivity index (χ4v) is 8.25. The second-order valence-corrected chi connectivity index (χ2v) is 11.8. The maximum absolute atomic E-state index is 13.7. The molecule has 2 aromatic carbocycles. The zero-order valence-corrected chi connectivity index (χ0v) is 20.1. The molecule has 1 amide bonds. The van der Waals surface area contributed by atoms with Crippen molar-refractivity contribution in [2.75, 3.05) is 5.32 Å². The summed E-state index contributed by atoms with van der Waals surface area (Å²) in [6, 6.07) is 16.3. The third-order valence-electron chi connectivity index (χ3n) is 8.28. The molecule has 4 aliphatic rings. The number of thiazole rings is 1. The van der Waals surface area contributed by atoms with E-state index in [9.17, 15) is 4.79 Å². The number of aromatic nitrogens is 3. The van der Waals surface area contributed by atoms with Crippen molar-refractivity contribution in [3.05, 3.63) is 71.5 Å². The normalized spacial score (nSPS) is 27.4. The van der Waals surface area contributed by atoms with Crippen LogP contribution in [-0.4, -0.2) is 20.7 Å². The number of carbonyl (C=O) groups excluding carboxylic acids is 1. The van der Waals surface area contributed by atoms with E-state index >= 15 is 0 Å². The van der Waals surface area contributed by atoms with Gasteiger partial charge in [0.25, 0.3) is 5.91 Å². The highest BCUT2D eigenvalue weighted by atomic mass is 32.1. The first kappa shape index (κ1) is 20.4. The van der Waals surface area contributed by atoms with E-state index in [4.69, 9.17) is 5.10 Å². The molecular weight excluding hydrogens is 440 g/mol. The number of para-hydroxylation sites is 1. The number of anilines is 1. The van der Waals surface area contributed by atoms with Gasteiger partial charge in [-0.2, -0.15) is 5.10 Å². The Labute approximate surface area is 203 Å². The highest BCUT2D eigenvalue weighted by molar-refractivity contribution is 7.22. The van der Waals surface area contributed by atoms with Crippen molar-refractivity contribution in [1.82, 2.24) is 14.8 Å². The number of amides is 1. The molecule has 2 aromatic heterocycles. The number of hydrogen-bond donors (Lipinski definition) is 1. The lowest BCUT2D eigenvalue weighted by atomic mass is 9.48. The van der Waals surface area contributed by atoms with Crippen molar-refractivity contribution in [3.8, 4) is 5.69 Å². The van der Waals surface area contributed by atoms with E-state index < -0.39 is 0 Å². The average molecular weight is 469 g/mol. The molecule has 8 rings (SSSR count). The molecule has 172 valence electrons. The van der Waals surface area contributed by atoms with E-state index in [0.29, 0.717) is 10.7 Å². The molecular formula is C28H28N4OS. The molecule has 0 saturated heterocycles. The maximum Gasteiger partial charge on any atom is 0.260 e. The molecule has 4 saturated carbocycles. The van der Waals surface area contributed by atoms with Crippen LogP contribution in [-0.2, 0) is 5.41 Å². The zero-order chi connectivity index (χ0) is 22.9. The topological polar surface area (TPSA) is 59.8 Å². The van der Waals surface area contributed by atoms with Gasteiger partial charge >= 0.3 is 0 Å². The van der Waals surface area contributed by atoms with Crippen LogP contribution in [0, 0.1) is 24.7 Å². The molecule has 4 bridgehead atoms. The molecule has 0 radical (unpaired) electrons. The van der Waals surface area contributed by atoms with Crippen molar-refractivity contribution in [3.63, 3.8) is 0 Å². The van der Waals surface area contributed by atoms with E-state index in [2.05, 4.69) is 29.4 Å². The van der Waals surface area contributed by atoms with Crippen LogP contribution in [0.15, 0.2) is 54.7 Å². The Morgan fingerprint density at radius 3 is 2.44 bits per heavy atom. The number of fused-ring (bicyclic) bond motifs is 1. The Morgan fingerprint density at radius 2 is 1.74 bits per heavy atom. The third kappa shape index (κ3) is 3.30. The first-order chi connectivity index (χ1) is 16.5. The summed E-state index contributed by atoms with van der Waals surface area (Å²) in [5.41, 5.74) is 4.86. The molecule has 4 fully saturated rings. The lowest BCUT2D eigenvalue weighted by Crippen LogP contribution is -2.49. The summed E-state index contributed by atoms with van der Waals surface area (Å²) in [5, 5.41) is 8.89. The Morgan fingerprint density at radius 1 is 1.03 bits per heavy atom. The van der Waals surface area contributed by atoms with Crippen molar-refractivity contribution in [1.29, 1.82) is 0 Å². The molecule has 4 aromatic rings. The Bertz CT molecular complexity index is 1370. The lowest BCUT2D eigenvalue weighted by Gasteiger charge is -2.56. The van der Waals surface area contributed by atoms with Gasteiger partial charge in [-0.1, -0.05) is 35.6 Å². The van der Waals surface area contributed by atoms with Crippen molar-refractivity contribution in [2.45, 2.75) is 50.9 Å². The van der Waals surface area contributed by atoms with Crippen molar-refractivity contribution in [2.24, 2.45) is 17.8 Å². The molecule has 4 aliphatic carbocycles. The minimum absolute atomic E-state index is 0.0339. The molecule has 0 unspecified atom stereocenters. The fraction of sp³-hybridized carbons (Fsp3) is 0.393. The smallest absolute Gasteiger partial charge is 0.260 e. The van der Waals surface area contributed by atoms with Gasteiger partial charge in [0.15, 0.2) is 5.13 Å². The number of nitrogens with one attached hydrogen (secondary N) is 1. The van der Waals surface area contributed by atoms with E-state index in [1.54, 1.807) is 0 Å². The minimum atomic E-state index is -0.0938. The summed E-state index contributed by atoms with van der Waals surface area (Å²) in [5.74, 6) is 2.27. The average Bonchev–Trinajstić information content (AvgIpc) is 3.43. The first-order valence-electron chi connectivity index (χ1n) is 12.4. The summed E-state index contributed by atoms with van der Waals surface area (Å²) in [4.78, 5) is 18.4. The Hall–Kier alpha value is -2.99. The molecule has 0 spiro atoms. The van der Waals surface area contributed by atoms with Gasteiger partial charge < -0.3 is 0 Å². The highest BCUT2D eigenvalue weighted by Crippen LogP contribution is 2.61. The lowest BCUT2D eigenvalue weighted by molar-refractivity contribution is -0.00765. The third-order valence-corrected chi connectivity index (χ3v) is 9.22. The van der Waals surface area contributed by atoms with Gasteiger partial charge in [0.05, 0.1) is 27.2 Å². The highest BCUT2D eigenvalue weighted by Gasteiger charge is 2.54. The second-order valence-electron chi connectivity index (χ2n) is 10.8. The number of hydrogen-bond acceptors (Lipinski definition) is 4. The van der Waals surface area contributed by atoms with Gasteiger partial charge in [-0.15, -0.1) is 0 Å². The second kappa shape index (κ2) is 7.51. The first-order valence-corrected chi connectivity index (χ1v) is 13.2. The predicted octanol–water partition coefficient (Wildman–Crippen LogP) is 6.51. The maximum atomic E-state index is 13.7. The molecule has 0 aliphatic heterocycles. The fourth-order valence-electron chi connectivity index (χ4n) is 7.30. The number of aryl methyl sites for hydroxylation is 1. The van der Waals surface area contributed by atoms with Gasteiger partial charge in [-0.25, -0.2) is 9.67 Å². The van der Waals surface area contributed by atoms with E-state index in [0.717, 1.165) is 39.4 Å². The monoisotopic (exact) mass is 468 g/mol. The quantitative estimate of drug-likeness (QED) is 0.371. The Kier molecular flexibility index (Phi) is 4.50. The van der Waals surface area contributed by atoms with Crippen LogP contribution in [0.25, 0.3) is 15.9 Å². The summed E-state index contributed by atoms with van der Waals surface area (Å²) >= 11 is 1.53.